The minimum Gasteiger partial charge on any atom is -0.453 e. The summed E-state index contributed by atoms with van der Waals surface area (Å²) >= 11 is 0. The van der Waals surface area contributed by atoms with Crippen LogP contribution in [0.15, 0.2) is 54.7 Å². The highest BCUT2D eigenvalue weighted by Crippen LogP contribution is 2.58. The molecular formula is C43H58FN7O4S4. The van der Waals surface area contributed by atoms with Crippen LogP contribution in [0.5, 0.6) is 0 Å². The van der Waals surface area contributed by atoms with Gasteiger partial charge in [0, 0.05) is 30.0 Å². The maximum Gasteiger partial charge on any atom is 0.407 e. The molecule has 11 nitrogen and oxygen atoms in total. The minimum atomic E-state index is -0.720. The van der Waals surface area contributed by atoms with Gasteiger partial charge in [-0.2, -0.15) is 54.0 Å². The Kier molecular flexibility index (Phi) is 15.2. The van der Waals surface area contributed by atoms with Gasteiger partial charge in [-0.1, -0.05) is 52.8 Å². The Morgan fingerprint density at radius 3 is 2.25 bits per heavy atom. The van der Waals surface area contributed by atoms with E-state index in [1.807, 2.05) is 63.2 Å². The van der Waals surface area contributed by atoms with E-state index in [0.29, 0.717) is 17.8 Å². The van der Waals surface area contributed by atoms with Crippen LogP contribution < -0.4 is 5.32 Å². The lowest BCUT2D eigenvalue weighted by Crippen LogP contribution is -2.51. The molecule has 5 aromatic rings. The van der Waals surface area contributed by atoms with Gasteiger partial charge >= 0.3 is 6.09 Å². The number of hydrogen-bond acceptors (Lipinski definition) is 6. The Bertz CT molecular complexity index is 2310. The summed E-state index contributed by atoms with van der Waals surface area (Å²) in [4.78, 5) is 59.5. The number of imidazole rings is 2. The standard InChI is InChI=1S/C43H50FN7O4.4H2S/c1-23(2)25(5)40(52)51-22-43(13-14-43)20-36(51)39-46-32-12-11-26(19-33(32)47-39)29-16-27-9-10-28(17-30(27)31(44)18-29)34-21-45-38(48-34)35-8-7-15-50(35)41(53)37(24(3)4)49-42(54)55-6;;;;/h9-12,16-19,21,23-25,35-37H,7-8,13-15,20,22H2,1-6H3,(H,45,48)(H,46,47)(H,49,54);4*1H2/t25-,35-,36-,37-;;;;/m0..../s1. The second-order valence-electron chi connectivity index (χ2n) is 16.7. The molecule has 0 unspecified atom stereocenters. The van der Waals surface area contributed by atoms with Crippen molar-refractivity contribution >= 4 is 93.7 Å². The lowest BCUT2D eigenvalue weighted by molar-refractivity contribution is -0.137. The van der Waals surface area contributed by atoms with Crippen LogP contribution in [-0.2, 0) is 14.3 Å². The number of nitrogens with one attached hydrogen (secondary N) is 3. The van der Waals surface area contributed by atoms with Crippen molar-refractivity contribution in [3.63, 3.8) is 0 Å². The first-order chi connectivity index (χ1) is 26.3. The fourth-order valence-electron chi connectivity index (χ4n) is 8.48. The number of aromatic nitrogens is 4. The summed E-state index contributed by atoms with van der Waals surface area (Å²) in [6.07, 6.45) is 5.87. The number of benzene rings is 3. The molecule has 8 rings (SSSR count). The van der Waals surface area contributed by atoms with Crippen LogP contribution in [0.3, 0.4) is 0 Å². The molecule has 3 aromatic carbocycles. The second kappa shape index (κ2) is 18.8. The van der Waals surface area contributed by atoms with Crippen molar-refractivity contribution < 1.29 is 23.5 Å². The number of carbonyl (C=O) groups excluding carboxylic acids is 3. The van der Waals surface area contributed by atoms with Crippen molar-refractivity contribution in [1.82, 2.24) is 35.1 Å². The predicted octanol–water partition coefficient (Wildman–Crippen LogP) is 8.75. The van der Waals surface area contributed by atoms with Crippen LogP contribution in [0.1, 0.15) is 90.5 Å². The Morgan fingerprint density at radius 1 is 0.847 bits per heavy atom. The zero-order valence-corrected chi connectivity index (χ0v) is 38.4. The molecule has 1 aliphatic carbocycles. The molecule has 2 aliphatic heterocycles. The third-order valence-corrected chi connectivity index (χ3v) is 12.3. The molecule has 2 aromatic heterocycles. The Hall–Kier alpha value is -3.86. The Labute approximate surface area is 373 Å². The van der Waals surface area contributed by atoms with Gasteiger partial charge < -0.3 is 29.8 Å². The number of alkyl carbamates (subject to hydrolysis) is 1. The summed E-state index contributed by atoms with van der Waals surface area (Å²) in [6.45, 7) is 11.3. The highest BCUT2D eigenvalue weighted by Gasteiger charge is 2.54. The monoisotopic (exact) mass is 883 g/mol. The van der Waals surface area contributed by atoms with Crippen LogP contribution in [-0.4, -0.2) is 73.9 Å². The predicted molar refractivity (Wildman–Crippen MR) is 251 cm³/mol. The fourth-order valence-corrected chi connectivity index (χ4v) is 8.48. The van der Waals surface area contributed by atoms with Crippen molar-refractivity contribution in [2.75, 3.05) is 20.2 Å². The number of carbonyl (C=O) groups is 3. The van der Waals surface area contributed by atoms with Crippen molar-refractivity contribution in [3.05, 3.63) is 72.2 Å². The number of hydrogen-bond donors (Lipinski definition) is 3. The first-order valence-electron chi connectivity index (χ1n) is 19.6. The largest absolute Gasteiger partial charge is 0.453 e. The van der Waals surface area contributed by atoms with E-state index in [9.17, 15) is 14.4 Å². The van der Waals surface area contributed by atoms with Gasteiger partial charge in [0.1, 0.15) is 23.5 Å². The van der Waals surface area contributed by atoms with E-state index in [-0.39, 0.29) is 107 Å². The fraction of sp³-hybridized carbons (Fsp3) is 0.465. The first-order valence-corrected chi connectivity index (χ1v) is 19.6. The van der Waals surface area contributed by atoms with Gasteiger partial charge in [-0.3, -0.25) is 9.59 Å². The average molecular weight is 884 g/mol. The number of ether oxygens (including phenoxy) is 1. The van der Waals surface area contributed by atoms with Crippen LogP contribution in [0.2, 0.25) is 0 Å². The molecule has 59 heavy (non-hydrogen) atoms. The number of aromatic amines is 2. The molecule has 1 saturated carbocycles. The summed E-state index contributed by atoms with van der Waals surface area (Å²) in [6, 6.07) is 14.1. The van der Waals surface area contributed by atoms with Crippen LogP contribution in [0.25, 0.3) is 44.2 Å². The van der Waals surface area contributed by atoms with E-state index in [4.69, 9.17) is 9.72 Å². The van der Waals surface area contributed by atoms with Gasteiger partial charge in [0.2, 0.25) is 11.8 Å². The summed E-state index contributed by atoms with van der Waals surface area (Å²) in [5.74, 6) is 1.25. The lowest BCUT2D eigenvalue weighted by atomic mass is 9.96. The highest BCUT2D eigenvalue weighted by atomic mass is 32.1. The molecule has 3 N–H and O–H groups in total. The van der Waals surface area contributed by atoms with Gasteiger partial charge in [-0.05, 0) is 96.2 Å². The third-order valence-electron chi connectivity index (χ3n) is 12.3. The summed E-state index contributed by atoms with van der Waals surface area (Å²) < 4.78 is 20.7. The van der Waals surface area contributed by atoms with E-state index < -0.39 is 12.1 Å². The lowest BCUT2D eigenvalue weighted by Gasteiger charge is -2.30. The van der Waals surface area contributed by atoms with E-state index in [2.05, 4.69) is 39.0 Å². The van der Waals surface area contributed by atoms with E-state index in [0.717, 1.165) is 83.3 Å². The van der Waals surface area contributed by atoms with Crippen LogP contribution in [0.4, 0.5) is 9.18 Å². The number of H-pyrrole nitrogens is 2. The topological polar surface area (TPSA) is 136 Å². The number of likely N-dealkylation sites (tertiary alicyclic amines) is 2. The van der Waals surface area contributed by atoms with E-state index >= 15 is 4.39 Å². The van der Waals surface area contributed by atoms with Gasteiger partial charge in [0.25, 0.3) is 0 Å². The molecule has 3 amide bonds. The van der Waals surface area contributed by atoms with Crippen molar-refractivity contribution in [2.24, 2.45) is 23.2 Å². The van der Waals surface area contributed by atoms with Gasteiger partial charge in [0.05, 0.1) is 42.1 Å². The molecular weight excluding hydrogens is 826 g/mol. The smallest absolute Gasteiger partial charge is 0.407 e. The summed E-state index contributed by atoms with van der Waals surface area (Å²) in [5.41, 5.74) is 5.05. The van der Waals surface area contributed by atoms with Gasteiger partial charge in [-0.15, -0.1) is 0 Å². The number of rotatable bonds is 9. The Morgan fingerprint density at radius 2 is 1.58 bits per heavy atom. The third kappa shape index (κ3) is 9.25. The summed E-state index contributed by atoms with van der Waals surface area (Å²) in [7, 11) is 1.28. The second-order valence-corrected chi connectivity index (χ2v) is 16.7. The molecule has 0 bridgehead atoms. The van der Waals surface area contributed by atoms with Crippen LogP contribution >= 0.6 is 54.0 Å². The van der Waals surface area contributed by atoms with Crippen molar-refractivity contribution in [1.29, 1.82) is 0 Å². The SMILES string of the molecule is COC(=O)N[C@H](C(=O)N1CCC[C@H]1c1ncc(-c2ccc3cc(-c4ccc5nc([C@@H]6CC7(CC7)CN6C(=O)[C@@H](C)C(C)C)[nH]c5c4)cc(F)c3c2)[nH]1)C(C)C.S.S.S.S. The van der Waals surface area contributed by atoms with Crippen molar-refractivity contribution in [3.8, 4) is 22.4 Å². The van der Waals surface area contributed by atoms with E-state index in [1.165, 1.54) is 7.11 Å². The van der Waals surface area contributed by atoms with Crippen LogP contribution in [0, 0.1) is 29.0 Å². The number of fused-ring (bicyclic) bond motifs is 2. The maximum absolute atomic E-state index is 16.0. The number of methoxy groups -OCH3 is 1. The molecule has 16 heteroatoms. The average Bonchev–Trinajstić information content (AvgIpc) is 3.66. The van der Waals surface area contributed by atoms with E-state index in [1.54, 1.807) is 17.2 Å². The molecule has 3 fully saturated rings. The molecule has 4 atom stereocenters. The summed E-state index contributed by atoms with van der Waals surface area (Å²) in [5, 5.41) is 3.94. The molecule has 0 radical (unpaired) electrons. The number of amides is 3. The molecule has 320 valence electrons. The van der Waals surface area contributed by atoms with Crippen molar-refractivity contribution in [2.45, 2.75) is 84.8 Å². The minimum absolute atomic E-state index is 0. The van der Waals surface area contributed by atoms with Gasteiger partial charge in [0.15, 0.2) is 0 Å². The highest BCUT2D eigenvalue weighted by molar-refractivity contribution is 7.59. The normalized spacial score (nSPS) is 18.9. The molecule has 2 saturated heterocycles. The van der Waals surface area contributed by atoms with Gasteiger partial charge in [-0.25, -0.2) is 19.2 Å². The zero-order chi connectivity index (χ0) is 38.8. The zero-order valence-electron chi connectivity index (χ0n) is 34.4. The molecule has 4 heterocycles. The quantitative estimate of drug-likeness (QED) is 0.136. The Balaban J connectivity index is 0.00000192. The maximum atomic E-state index is 16.0. The number of nitrogens with zero attached hydrogens (tertiary/aromatic N) is 4. The number of halogens is 1. The first kappa shape index (κ1) is 47.8. The molecule has 3 aliphatic rings. The molecule has 1 spiro atoms.